The number of carbonyl (C=O) groups excluding carboxylic acids is 1. The summed E-state index contributed by atoms with van der Waals surface area (Å²) in [4.78, 5) is 30.3. The maximum absolute atomic E-state index is 12.9. The minimum atomic E-state index is -0.448. The van der Waals surface area contributed by atoms with Gasteiger partial charge in [0, 0.05) is 19.2 Å². The summed E-state index contributed by atoms with van der Waals surface area (Å²) in [6, 6.07) is 13.6. The number of thioether (sulfide) groups is 1. The van der Waals surface area contributed by atoms with Gasteiger partial charge in [0.2, 0.25) is 5.91 Å². The van der Waals surface area contributed by atoms with Crippen LogP contribution in [0.5, 0.6) is 0 Å². The van der Waals surface area contributed by atoms with Gasteiger partial charge in [-0.2, -0.15) is 5.10 Å². The van der Waals surface area contributed by atoms with Crippen LogP contribution in [0.2, 0.25) is 0 Å². The smallest absolute Gasteiger partial charge is 0.261 e. The molecular weight excluding hydrogens is 398 g/mol. The summed E-state index contributed by atoms with van der Waals surface area (Å²) in [7, 11) is 1.69. The predicted molar refractivity (Wildman–Crippen MR) is 121 cm³/mol. The lowest BCUT2D eigenvalue weighted by Gasteiger charge is -2.16. The van der Waals surface area contributed by atoms with Crippen molar-refractivity contribution >= 4 is 45.2 Å². The number of aromatic nitrogens is 4. The topological polar surface area (TPSA) is 81.8 Å². The second-order valence-corrected chi connectivity index (χ2v) is 8.79. The maximum atomic E-state index is 12.9. The van der Waals surface area contributed by atoms with E-state index in [4.69, 9.17) is 0 Å². The van der Waals surface area contributed by atoms with Crippen LogP contribution in [0.1, 0.15) is 26.8 Å². The van der Waals surface area contributed by atoms with Gasteiger partial charge in [0.15, 0.2) is 5.16 Å². The number of carbonyl (C=O) groups is 1. The summed E-state index contributed by atoms with van der Waals surface area (Å²) >= 11 is 1.26. The Morgan fingerprint density at radius 3 is 2.50 bits per heavy atom. The SMILES string of the molecule is CC(C)n1nccc1NC(=O)[C@H](C)Sc1nc2cc3ccccc3cc2c(=O)n1C. The molecule has 154 valence electrons. The normalized spacial score (nSPS) is 12.6. The Labute approximate surface area is 178 Å². The summed E-state index contributed by atoms with van der Waals surface area (Å²) < 4.78 is 3.26. The molecule has 0 aliphatic heterocycles. The third kappa shape index (κ3) is 3.70. The predicted octanol–water partition coefficient (Wildman–Crippen LogP) is 3.98. The molecule has 0 spiro atoms. The highest BCUT2D eigenvalue weighted by molar-refractivity contribution is 8.00. The third-order valence-electron chi connectivity index (χ3n) is 4.96. The van der Waals surface area contributed by atoms with Gasteiger partial charge < -0.3 is 5.32 Å². The van der Waals surface area contributed by atoms with Crippen molar-refractivity contribution < 1.29 is 4.79 Å². The van der Waals surface area contributed by atoms with E-state index in [1.165, 1.54) is 16.3 Å². The fourth-order valence-corrected chi connectivity index (χ4v) is 4.18. The van der Waals surface area contributed by atoms with Crippen LogP contribution in [0, 0.1) is 0 Å². The molecule has 0 bridgehead atoms. The zero-order chi connectivity index (χ0) is 21.4. The van der Waals surface area contributed by atoms with Crippen LogP contribution in [0.4, 0.5) is 5.82 Å². The fourth-order valence-electron chi connectivity index (χ4n) is 3.31. The van der Waals surface area contributed by atoms with Crippen molar-refractivity contribution in [2.45, 2.75) is 37.2 Å². The van der Waals surface area contributed by atoms with E-state index < -0.39 is 5.25 Å². The Morgan fingerprint density at radius 1 is 1.10 bits per heavy atom. The zero-order valence-corrected chi connectivity index (χ0v) is 18.1. The first-order chi connectivity index (χ1) is 14.3. The molecule has 1 amide bonds. The molecule has 2 aromatic carbocycles. The minimum absolute atomic E-state index is 0.126. The lowest BCUT2D eigenvalue weighted by Crippen LogP contribution is -2.26. The van der Waals surface area contributed by atoms with Crippen LogP contribution < -0.4 is 10.9 Å². The standard InChI is InChI=1S/C22H23N5O2S/c1-13(2)27-19(9-10-23-27)25-20(28)14(3)30-22-24-18-12-16-8-6-5-7-15(16)11-17(18)21(29)26(22)4/h5-14H,1-4H3,(H,25,28)/t14-/m0/s1. The molecule has 4 aromatic rings. The molecule has 7 nitrogen and oxygen atoms in total. The van der Waals surface area contributed by atoms with Gasteiger partial charge in [0.1, 0.15) is 5.82 Å². The minimum Gasteiger partial charge on any atom is -0.310 e. The van der Waals surface area contributed by atoms with E-state index in [0.29, 0.717) is 21.9 Å². The van der Waals surface area contributed by atoms with Crippen molar-refractivity contribution in [3.8, 4) is 0 Å². The average molecular weight is 422 g/mol. The van der Waals surface area contributed by atoms with Gasteiger partial charge in [-0.05, 0) is 43.7 Å². The highest BCUT2D eigenvalue weighted by Crippen LogP contribution is 2.25. The average Bonchev–Trinajstić information content (AvgIpc) is 3.19. The summed E-state index contributed by atoms with van der Waals surface area (Å²) in [6.45, 7) is 5.80. The maximum Gasteiger partial charge on any atom is 0.261 e. The van der Waals surface area contributed by atoms with E-state index in [2.05, 4.69) is 15.4 Å². The third-order valence-corrected chi connectivity index (χ3v) is 6.11. The molecule has 1 atom stereocenters. The van der Waals surface area contributed by atoms with Crippen LogP contribution in [0.15, 0.2) is 58.6 Å². The lowest BCUT2D eigenvalue weighted by molar-refractivity contribution is -0.115. The van der Waals surface area contributed by atoms with Crippen molar-refractivity contribution in [1.82, 2.24) is 19.3 Å². The molecule has 30 heavy (non-hydrogen) atoms. The number of hydrogen-bond acceptors (Lipinski definition) is 5. The van der Waals surface area contributed by atoms with E-state index in [-0.39, 0.29) is 17.5 Å². The number of anilines is 1. The molecule has 0 radical (unpaired) electrons. The van der Waals surface area contributed by atoms with Crippen LogP contribution >= 0.6 is 11.8 Å². The number of fused-ring (bicyclic) bond motifs is 2. The Morgan fingerprint density at radius 2 is 1.80 bits per heavy atom. The molecule has 0 fully saturated rings. The summed E-state index contributed by atoms with van der Waals surface area (Å²) in [5.41, 5.74) is 0.503. The van der Waals surface area contributed by atoms with Gasteiger partial charge in [0.05, 0.1) is 22.3 Å². The number of amides is 1. The van der Waals surface area contributed by atoms with Gasteiger partial charge in [0.25, 0.3) is 5.56 Å². The number of rotatable bonds is 5. The number of benzene rings is 2. The molecule has 2 heterocycles. The molecule has 1 N–H and O–H groups in total. The van der Waals surface area contributed by atoms with Crippen LogP contribution in [-0.2, 0) is 11.8 Å². The largest absolute Gasteiger partial charge is 0.310 e. The summed E-state index contributed by atoms with van der Waals surface area (Å²) in [5.74, 6) is 0.476. The molecule has 0 unspecified atom stereocenters. The molecule has 0 aliphatic carbocycles. The molecule has 0 saturated carbocycles. The number of nitrogens with zero attached hydrogens (tertiary/aromatic N) is 4. The van der Waals surface area contributed by atoms with E-state index in [1.807, 2.05) is 50.2 Å². The number of hydrogen-bond donors (Lipinski definition) is 1. The van der Waals surface area contributed by atoms with Gasteiger partial charge >= 0.3 is 0 Å². The molecule has 4 rings (SSSR count). The van der Waals surface area contributed by atoms with Crippen LogP contribution in [0.25, 0.3) is 21.7 Å². The Hall–Kier alpha value is -3.13. The Balaban J connectivity index is 1.63. The second kappa shape index (κ2) is 7.95. The molecule has 8 heteroatoms. The van der Waals surface area contributed by atoms with Crippen molar-refractivity contribution in [2.24, 2.45) is 7.05 Å². The van der Waals surface area contributed by atoms with Crippen LogP contribution in [0.3, 0.4) is 0 Å². The van der Waals surface area contributed by atoms with Gasteiger partial charge in [-0.3, -0.25) is 14.2 Å². The highest BCUT2D eigenvalue weighted by Gasteiger charge is 2.20. The second-order valence-electron chi connectivity index (χ2n) is 7.48. The first-order valence-corrected chi connectivity index (χ1v) is 10.6. The Bertz CT molecular complexity index is 1310. The summed E-state index contributed by atoms with van der Waals surface area (Å²) in [5, 5.41) is 9.79. The van der Waals surface area contributed by atoms with Crippen molar-refractivity contribution in [3.05, 3.63) is 59.0 Å². The van der Waals surface area contributed by atoms with Crippen molar-refractivity contribution in [3.63, 3.8) is 0 Å². The monoisotopic (exact) mass is 421 g/mol. The quantitative estimate of drug-likeness (QED) is 0.299. The first-order valence-electron chi connectivity index (χ1n) is 9.75. The van der Waals surface area contributed by atoms with Crippen molar-refractivity contribution in [1.29, 1.82) is 0 Å². The van der Waals surface area contributed by atoms with Gasteiger partial charge in [-0.15, -0.1) is 0 Å². The molecule has 0 saturated heterocycles. The highest BCUT2D eigenvalue weighted by atomic mass is 32.2. The number of nitrogens with one attached hydrogen (secondary N) is 1. The van der Waals surface area contributed by atoms with Gasteiger partial charge in [-0.1, -0.05) is 36.0 Å². The van der Waals surface area contributed by atoms with Crippen molar-refractivity contribution in [2.75, 3.05) is 5.32 Å². The molecule has 0 aliphatic rings. The first kappa shape index (κ1) is 20.2. The van der Waals surface area contributed by atoms with E-state index in [0.717, 1.165) is 10.8 Å². The van der Waals surface area contributed by atoms with E-state index in [1.54, 1.807) is 30.9 Å². The molecule has 2 aromatic heterocycles. The van der Waals surface area contributed by atoms with Gasteiger partial charge in [-0.25, -0.2) is 9.67 Å². The van der Waals surface area contributed by atoms with E-state index >= 15 is 0 Å². The zero-order valence-electron chi connectivity index (χ0n) is 17.3. The van der Waals surface area contributed by atoms with Crippen LogP contribution in [-0.4, -0.2) is 30.5 Å². The Kier molecular flexibility index (Phi) is 5.34. The molecular formula is C22H23N5O2S. The summed E-state index contributed by atoms with van der Waals surface area (Å²) in [6.07, 6.45) is 1.66. The fraction of sp³-hybridized carbons (Fsp3) is 0.273. The lowest BCUT2D eigenvalue weighted by atomic mass is 10.1. The van der Waals surface area contributed by atoms with E-state index in [9.17, 15) is 9.59 Å².